The third kappa shape index (κ3) is 6.14. The first-order chi connectivity index (χ1) is 10.8. The molecule has 0 aliphatic carbocycles. The van der Waals surface area contributed by atoms with Crippen molar-refractivity contribution in [1.82, 2.24) is 5.32 Å². The highest BCUT2D eigenvalue weighted by atomic mass is 32.1. The van der Waals surface area contributed by atoms with E-state index in [0.717, 1.165) is 24.5 Å². The van der Waals surface area contributed by atoms with Gasteiger partial charge in [0.15, 0.2) is 5.11 Å². The summed E-state index contributed by atoms with van der Waals surface area (Å²) in [6.07, 6.45) is 5.67. The van der Waals surface area contributed by atoms with Crippen LogP contribution in [0.5, 0.6) is 0 Å². The molecule has 0 saturated heterocycles. The second kappa shape index (κ2) is 9.27. The molecule has 2 nitrogen and oxygen atoms in total. The molecule has 0 bridgehead atoms. The van der Waals surface area contributed by atoms with Crippen molar-refractivity contribution in [3.63, 3.8) is 0 Å². The Morgan fingerprint density at radius 3 is 2.00 bits per heavy atom. The molecule has 0 heterocycles. The summed E-state index contributed by atoms with van der Waals surface area (Å²) < 4.78 is 0. The van der Waals surface area contributed by atoms with Crippen molar-refractivity contribution in [2.75, 3.05) is 11.9 Å². The van der Waals surface area contributed by atoms with Gasteiger partial charge in [0.05, 0.1) is 0 Å². The average molecular weight is 335 g/mol. The van der Waals surface area contributed by atoms with E-state index in [4.69, 9.17) is 12.2 Å². The third-order valence-electron chi connectivity index (χ3n) is 4.23. The first-order valence-electron chi connectivity index (χ1n) is 9.04. The number of hydrogen-bond acceptors (Lipinski definition) is 1. The molecule has 0 spiro atoms. The second-order valence-electron chi connectivity index (χ2n) is 7.21. The lowest BCUT2D eigenvalue weighted by Gasteiger charge is -2.24. The predicted octanol–water partition coefficient (Wildman–Crippen LogP) is 5.59. The SMILES string of the molecule is CCCCCNC(=S)Nc1c(CC)cc(C(C)(C)C)cc1CC. The fourth-order valence-electron chi connectivity index (χ4n) is 2.65. The first kappa shape index (κ1) is 20.0. The van der Waals surface area contributed by atoms with Crippen molar-refractivity contribution in [1.29, 1.82) is 0 Å². The molecule has 0 saturated carbocycles. The monoisotopic (exact) mass is 334 g/mol. The Balaban J connectivity index is 2.94. The summed E-state index contributed by atoms with van der Waals surface area (Å²) in [5, 5.41) is 7.54. The van der Waals surface area contributed by atoms with E-state index in [9.17, 15) is 0 Å². The molecule has 1 aromatic rings. The van der Waals surface area contributed by atoms with Crippen LogP contribution < -0.4 is 10.6 Å². The topological polar surface area (TPSA) is 24.1 Å². The zero-order valence-electron chi connectivity index (χ0n) is 15.8. The van der Waals surface area contributed by atoms with Gasteiger partial charge >= 0.3 is 0 Å². The molecular formula is C20H34N2S. The number of thiocarbonyl (C=S) groups is 1. The van der Waals surface area contributed by atoms with Crippen molar-refractivity contribution in [2.24, 2.45) is 0 Å². The van der Waals surface area contributed by atoms with Crippen molar-refractivity contribution in [3.8, 4) is 0 Å². The van der Waals surface area contributed by atoms with Gasteiger partial charge in [-0.15, -0.1) is 0 Å². The zero-order chi connectivity index (χ0) is 17.5. The quantitative estimate of drug-likeness (QED) is 0.502. The molecule has 0 aliphatic rings. The Morgan fingerprint density at radius 1 is 1.00 bits per heavy atom. The van der Waals surface area contributed by atoms with Crippen molar-refractivity contribution in [3.05, 3.63) is 28.8 Å². The van der Waals surface area contributed by atoms with Crippen LogP contribution in [0.15, 0.2) is 12.1 Å². The molecule has 0 unspecified atom stereocenters. The third-order valence-corrected chi connectivity index (χ3v) is 4.48. The number of hydrogen-bond donors (Lipinski definition) is 2. The summed E-state index contributed by atoms with van der Waals surface area (Å²) in [4.78, 5) is 0. The largest absolute Gasteiger partial charge is 0.362 e. The van der Waals surface area contributed by atoms with Crippen molar-refractivity contribution < 1.29 is 0 Å². The minimum Gasteiger partial charge on any atom is -0.362 e. The summed E-state index contributed by atoms with van der Waals surface area (Å²) in [6.45, 7) is 14.4. The van der Waals surface area contributed by atoms with Gasteiger partial charge in [-0.25, -0.2) is 0 Å². The molecule has 1 rings (SSSR count). The number of unbranched alkanes of at least 4 members (excludes halogenated alkanes) is 2. The van der Waals surface area contributed by atoms with Crippen LogP contribution in [0.1, 0.15) is 77.5 Å². The van der Waals surface area contributed by atoms with E-state index in [-0.39, 0.29) is 5.41 Å². The molecule has 1 aromatic carbocycles. The maximum atomic E-state index is 5.48. The molecule has 0 fully saturated rings. The highest BCUT2D eigenvalue weighted by Gasteiger charge is 2.18. The zero-order valence-corrected chi connectivity index (χ0v) is 16.6. The number of rotatable bonds is 7. The van der Waals surface area contributed by atoms with Gasteiger partial charge in [-0.1, -0.05) is 66.5 Å². The maximum Gasteiger partial charge on any atom is 0.170 e. The van der Waals surface area contributed by atoms with Crippen LogP contribution in [-0.2, 0) is 18.3 Å². The first-order valence-corrected chi connectivity index (χ1v) is 9.45. The van der Waals surface area contributed by atoms with Gasteiger partial charge in [0, 0.05) is 12.2 Å². The van der Waals surface area contributed by atoms with Gasteiger partial charge in [-0.3, -0.25) is 0 Å². The summed E-state index contributed by atoms with van der Waals surface area (Å²) in [5.41, 5.74) is 5.49. The Labute approximate surface area is 148 Å². The van der Waals surface area contributed by atoms with E-state index in [1.807, 2.05) is 0 Å². The fraction of sp³-hybridized carbons (Fsp3) is 0.650. The fourth-order valence-corrected chi connectivity index (χ4v) is 2.86. The van der Waals surface area contributed by atoms with E-state index in [0.29, 0.717) is 0 Å². The molecule has 130 valence electrons. The summed E-state index contributed by atoms with van der Waals surface area (Å²) in [7, 11) is 0. The number of nitrogens with one attached hydrogen (secondary N) is 2. The smallest absolute Gasteiger partial charge is 0.170 e. The molecule has 0 radical (unpaired) electrons. The molecule has 3 heteroatoms. The molecule has 2 N–H and O–H groups in total. The van der Waals surface area contributed by atoms with Gasteiger partial charge in [0.2, 0.25) is 0 Å². The Kier molecular flexibility index (Phi) is 8.04. The Hall–Kier alpha value is -1.09. The lowest BCUT2D eigenvalue weighted by atomic mass is 9.83. The van der Waals surface area contributed by atoms with E-state index in [2.05, 4.69) is 64.3 Å². The standard InChI is InChI=1S/C20H34N2S/c1-7-10-11-12-21-19(23)22-18-15(8-2)13-17(20(4,5)6)14-16(18)9-3/h13-14H,7-12H2,1-6H3,(H2,21,22,23). The highest BCUT2D eigenvalue weighted by Crippen LogP contribution is 2.31. The van der Waals surface area contributed by atoms with Gasteiger partial charge in [-0.05, 0) is 53.6 Å². The Morgan fingerprint density at radius 2 is 1.57 bits per heavy atom. The summed E-state index contributed by atoms with van der Waals surface area (Å²) in [6, 6.07) is 4.67. The lowest BCUT2D eigenvalue weighted by Crippen LogP contribution is -2.30. The molecule has 0 atom stereocenters. The van der Waals surface area contributed by atoms with Crippen LogP contribution in [0, 0.1) is 0 Å². The van der Waals surface area contributed by atoms with Crippen LogP contribution in [0.25, 0.3) is 0 Å². The minimum atomic E-state index is 0.172. The Bertz CT molecular complexity index is 490. The van der Waals surface area contributed by atoms with E-state index in [1.54, 1.807) is 0 Å². The van der Waals surface area contributed by atoms with Crippen LogP contribution in [-0.4, -0.2) is 11.7 Å². The number of aryl methyl sites for hydroxylation is 2. The second-order valence-corrected chi connectivity index (χ2v) is 7.62. The minimum absolute atomic E-state index is 0.172. The molecule has 23 heavy (non-hydrogen) atoms. The summed E-state index contributed by atoms with van der Waals surface area (Å²) in [5.74, 6) is 0. The summed E-state index contributed by atoms with van der Waals surface area (Å²) >= 11 is 5.48. The van der Waals surface area contributed by atoms with Crippen molar-refractivity contribution in [2.45, 2.75) is 79.1 Å². The molecule has 0 aliphatic heterocycles. The van der Waals surface area contributed by atoms with E-state index < -0.39 is 0 Å². The normalized spacial score (nSPS) is 11.4. The molecule has 0 amide bonds. The number of anilines is 1. The lowest BCUT2D eigenvalue weighted by molar-refractivity contribution is 0.588. The average Bonchev–Trinajstić information content (AvgIpc) is 2.50. The van der Waals surface area contributed by atoms with E-state index in [1.165, 1.54) is 41.6 Å². The van der Waals surface area contributed by atoms with Gasteiger partial charge in [0.1, 0.15) is 0 Å². The van der Waals surface area contributed by atoms with Crippen LogP contribution >= 0.6 is 12.2 Å². The predicted molar refractivity (Wildman–Crippen MR) is 108 cm³/mol. The van der Waals surface area contributed by atoms with Crippen LogP contribution in [0.3, 0.4) is 0 Å². The van der Waals surface area contributed by atoms with Gasteiger partial charge in [0.25, 0.3) is 0 Å². The number of benzene rings is 1. The molecule has 0 aromatic heterocycles. The van der Waals surface area contributed by atoms with E-state index >= 15 is 0 Å². The maximum absolute atomic E-state index is 5.48. The van der Waals surface area contributed by atoms with Crippen molar-refractivity contribution >= 4 is 23.0 Å². The highest BCUT2D eigenvalue weighted by molar-refractivity contribution is 7.80. The van der Waals surface area contributed by atoms with Crippen LogP contribution in [0.4, 0.5) is 5.69 Å². The molecular weight excluding hydrogens is 300 g/mol. The van der Waals surface area contributed by atoms with Gasteiger partial charge in [-0.2, -0.15) is 0 Å². The van der Waals surface area contributed by atoms with Gasteiger partial charge < -0.3 is 10.6 Å². The van der Waals surface area contributed by atoms with Crippen LogP contribution in [0.2, 0.25) is 0 Å².